The molecule has 1 fully saturated rings. The van der Waals surface area contributed by atoms with Crippen molar-refractivity contribution in [3.05, 3.63) is 59.1 Å². The molecule has 1 heterocycles. The average Bonchev–Trinajstić information content (AvgIpc) is 2.76. The Hall–Kier alpha value is -2.42. The molecule has 3 rings (SSSR count). The fourth-order valence-electron chi connectivity index (χ4n) is 3.95. The van der Waals surface area contributed by atoms with E-state index in [4.69, 9.17) is 11.6 Å². The number of hydrogen-bond acceptors (Lipinski definition) is 4. The normalized spacial score (nSPS) is 19.7. The van der Waals surface area contributed by atoms with Crippen LogP contribution in [-0.2, 0) is 19.6 Å². The highest BCUT2D eigenvalue weighted by Gasteiger charge is 2.51. The van der Waals surface area contributed by atoms with E-state index in [9.17, 15) is 18.0 Å². The van der Waals surface area contributed by atoms with Crippen LogP contribution in [0.15, 0.2) is 53.4 Å². The summed E-state index contributed by atoms with van der Waals surface area (Å²) in [4.78, 5) is 28.4. The molecule has 1 aliphatic rings. The Bertz CT molecular complexity index is 1140. The Kier molecular flexibility index (Phi) is 7.51. The van der Waals surface area contributed by atoms with Crippen LogP contribution in [0.5, 0.6) is 0 Å². The monoisotopic (exact) mass is 491 g/mol. The smallest absolute Gasteiger partial charge is 0.247 e. The Morgan fingerprint density at radius 3 is 2.45 bits per heavy atom. The first-order valence-electron chi connectivity index (χ1n) is 10.9. The van der Waals surface area contributed by atoms with E-state index in [0.717, 1.165) is 10.7 Å². The van der Waals surface area contributed by atoms with E-state index in [1.54, 1.807) is 50.2 Å². The summed E-state index contributed by atoms with van der Waals surface area (Å²) in [6, 6.07) is 13.1. The van der Waals surface area contributed by atoms with Crippen LogP contribution in [0.4, 0.5) is 5.69 Å². The number of nitrogens with zero attached hydrogens (tertiary/aromatic N) is 2. The molecule has 0 spiro atoms. The number of sulfonamides is 1. The van der Waals surface area contributed by atoms with Crippen molar-refractivity contribution in [2.24, 2.45) is 5.92 Å². The summed E-state index contributed by atoms with van der Waals surface area (Å²) in [5.41, 5.74) is -0.331. The summed E-state index contributed by atoms with van der Waals surface area (Å²) in [5, 5.41) is 3.36. The van der Waals surface area contributed by atoms with Crippen LogP contribution >= 0.6 is 11.6 Å². The van der Waals surface area contributed by atoms with Gasteiger partial charge in [0.2, 0.25) is 21.8 Å². The van der Waals surface area contributed by atoms with Crippen molar-refractivity contribution in [2.75, 3.05) is 24.5 Å². The van der Waals surface area contributed by atoms with Crippen LogP contribution in [0.3, 0.4) is 0 Å². The maximum absolute atomic E-state index is 13.5. The Labute approximate surface area is 200 Å². The first-order chi connectivity index (χ1) is 15.5. The van der Waals surface area contributed by atoms with Gasteiger partial charge < -0.3 is 5.32 Å². The van der Waals surface area contributed by atoms with Gasteiger partial charge in [-0.2, -0.15) is 4.31 Å². The molecule has 33 heavy (non-hydrogen) atoms. The van der Waals surface area contributed by atoms with Gasteiger partial charge in [-0.05, 0) is 56.0 Å². The van der Waals surface area contributed by atoms with Gasteiger partial charge in [0.15, 0.2) is 0 Å². The van der Waals surface area contributed by atoms with Gasteiger partial charge in [-0.25, -0.2) is 8.42 Å². The molecule has 1 atom stereocenters. The Morgan fingerprint density at radius 1 is 1.15 bits per heavy atom. The SMILES string of the molecule is Cc1c(Cl)cccc1N1C(=O)CN(S(=O)(=O)c2ccccc2)CC1(C)C(=O)NCCC(C)C. The molecule has 0 aromatic heterocycles. The predicted octanol–water partition coefficient (Wildman–Crippen LogP) is 3.61. The van der Waals surface area contributed by atoms with Gasteiger partial charge in [-0.1, -0.05) is 49.7 Å². The molecular weight excluding hydrogens is 462 g/mol. The lowest BCUT2D eigenvalue weighted by atomic mass is 9.93. The lowest BCUT2D eigenvalue weighted by Crippen LogP contribution is -2.70. The van der Waals surface area contributed by atoms with Crippen molar-refractivity contribution < 1.29 is 18.0 Å². The minimum Gasteiger partial charge on any atom is -0.354 e. The van der Waals surface area contributed by atoms with E-state index in [2.05, 4.69) is 5.32 Å². The second-order valence-corrected chi connectivity index (χ2v) is 11.3. The molecule has 0 bridgehead atoms. The van der Waals surface area contributed by atoms with Crippen LogP contribution < -0.4 is 10.2 Å². The van der Waals surface area contributed by atoms with Gasteiger partial charge in [0.25, 0.3) is 0 Å². The summed E-state index contributed by atoms with van der Waals surface area (Å²) in [6.07, 6.45) is 0.762. The van der Waals surface area contributed by atoms with Gasteiger partial charge in [-0.15, -0.1) is 0 Å². The summed E-state index contributed by atoms with van der Waals surface area (Å²) >= 11 is 6.31. The number of rotatable bonds is 7. The van der Waals surface area contributed by atoms with Crippen molar-refractivity contribution >= 4 is 39.1 Å². The molecule has 2 amide bonds. The van der Waals surface area contributed by atoms with Crippen molar-refractivity contribution in [1.82, 2.24) is 9.62 Å². The maximum atomic E-state index is 13.5. The first-order valence-corrected chi connectivity index (χ1v) is 12.7. The lowest BCUT2D eigenvalue weighted by molar-refractivity contribution is -0.132. The van der Waals surface area contributed by atoms with E-state index in [-0.39, 0.29) is 18.0 Å². The zero-order valence-electron chi connectivity index (χ0n) is 19.3. The Morgan fingerprint density at radius 2 is 1.82 bits per heavy atom. The first kappa shape index (κ1) is 25.2. The minimum atomic E-state index is -3.98. The van der Waals surface area contributed by atoms with Crippen molar-refractivity contribution in [1.29, 1.82) is 0 Å². The fourth-order valence-corrected chi connectivity index (χ4v) is 5.63. The number of piperazine rings is 1. The molecule has 2 aromatic carbocycles. The number of halogens is 1. The topological polar surface area (TPSA) is 86.8 Å². The van der Waals surface area contributed by atoms with Crippen LogP contribution in [-0.4, -0.2) is 49.7 Å². The van der Waals surface area contributed by atoms with Crippen LogP contribution in [0, 0.1) is 12.8 Å². The molecule has 1 unspecified atom stereocenters. The van der Waals surface area contributed by atoms with Gasteiger partial charge in [0, 0.05) is 23.8 Å². The second kappa shape index (κ2) is 9.83. The fraction of sp³-hybridized carbons (Fsp3) is 0.417. The highest BCUT2D eigenvalue weighted by Crippen LogP contribution is 2.36. The average molecular weight is 492 g/mol. The number of benzene rings is 2. The molecule has 7 nitrogen and oxygen atoms in total. The van der Waals surface area contributed by atoms with Crippen LogP contribution in [0.25, 0.3) is 0 Å². The number of amides is 2. The molecule has 1 N–H and O–H groups in total. The van der Waals surface area contributed by atoms with Crippen LogP contribution in [0.2, 0.25) is 5.02 Å². The molecule has 0 aliphatic carbocycles. The number of carbonyl (C=O) groups is 2. The van der Waals surface area contributed by atoms with E-state index >= 15 is 0 Å². The summed E-state index contributed by atoms with van der Waals surface area (Å²) in [5.74, 6) is -0.524. The highest BCUT2D eigenvalue weighted by atomic mass is 35.5. The van der Waals surface area contributed by atoms with Gasteiger partial charge in [0.1, 0.15) is 5.54 Å². The van der Waals surface area contributed by atoms with Crippen molar-refractivity contribution in [2.45, 2.75) is 44.6 Å². The maximum Gasteiger partial charge on any atom is 0.247 e. The molecule has 1 aliphatic heterocycles. The molecule has 0 radical (unpaired) electrons. The highest BCUT2D eigenvalue weighted by molar-refractivity contribution is 7.89. The number of anilines is 1. The molecule has 9 heteroatoms. The largest absolute Gasteiger partial charge is 0.354 e. The third-order valence-corrected chi connectivity index (χ3v) is 8.11. The second-order valence-electron chi connectivity index (χ2n) is 8.91. The van der Waals surface area contributed by atoms with Crippen LogP contribution in [0.1, 0.15) is 32.8 Å². The van der Waals surface area contributed by atoms with E-state index < -0.39 is 27.4 Å². The molecule has 178 valence electrons. The third-order valence-electron chi connectivity index (χ3n) is 5.90. The van der Waals surface area contributed by atoms with E-state index in [0.29, 0.717) is 28.7 Å². The predicted molar refractivity (Wildman–Crippen MR) is 130 cm³/mol. The van der Waals surface area contributed by atoms with Gasteiger partial charge in [-0.3, -0.25) is 14.5 Å². The van der Waals surface area contributed by atoms with E-state index in [1.807, 2.05) is 13.8 Å². The van der Waals surface area contributed by atoms with Crippen molar-refractivity contribution in [3.63, 3.8) is 0 Å². The number of carbonyl (C=O) groups excluding carboxylic acids is 2. The zero-order valence-corrected chi connectivity index (χ0v) is 20.9. The zero-order chi connectivity index (χ0) is 24.4. The summed E-state index contributed by atoms with van der Waals surface area (Å²) in [6.45, 7) is 7.33. The number of hydrogen-bond donors (Lipinski definition) is 1. The molecule has 1 saturated heterocycles. The minimum absolute atomic E-state index is 0.0766. The molecular formula is C24H30ClN3O4S. The van der Waals surface area contributed by atoms with Gasteiger partial charge >= 0.3 is 0 Å². The van der Waals surface area contributed by atoms with Gasteiger partial charge in [0.05, 0.1) is 11.4 Å². The van der Waals surface area contributed by atoms with Crippen molar-refractivity contribution in [3.8, 4) is 0 Å². The lowest BCUT2D eigenvalue weighted by Gasteiger charge is -2.47. The van der Waals surface area contributed by atoms with E-state index in [1.165, 1.54) is 17.0 Å². The molecule has 2 aromatic rings. The Balaban J connectivity index is 2.05. The summed E-state index contributed by atoms with van der Waals surface area (Å²) in [7, 11) is -3.98. The summed E-state index contributed by atoms with van der Waals surface area (Å²) < 4.78 is 27.7. The molecule has 0 saturated carbocycles. The number of nitrogens with one attached hydrogen (secondary N) is 1. The third kappa shape index (κ3) is 5.08. The quantitative estimate of drug-likeness (QED) is 0.641. The standard InChI is InChI=1S/C24H30ClN3O4S/c1-17(2)13-14-26-23(30)24(4)16-27(33(31,32)19-9-6-5-7-10-19)15-22(29)28(24)21-12-8-11-20(25)18(21)3/h5-12,17H,13-16H2,1-4H3,(H,26,30).